The number of rotatable bonds is 6. The van der Waals surface area contributed by atoms with Gasteiger partial charge in [-0.25, -0.2) is 0 Å². The van der Waals surface area contributed by atoms with Gasteiger partial charge in [-0.2, -0.15) is 0 Å². The van der Waals surface area contributed by atoms with Crippen molar-refractivity contribution in [2.24, 2.45) is 0 Å². The van der Waals surface area contributed by atoms with Crippen LogP contribution in [-0.2, 0) is 11.2 Å². The van der Waals surface area contributed by atoms with Crippen LogP contribution >= 0.6 is 0 Å². The van der Waals surface area contributed by atoms with E-state index in [1.165, 1.54) is 0 Å². The minimum Gasteiger partial charge on any atom is -0.497 e. The van der Waals surface area contributed by atoms with Crippen LogP contribution in [0.25, 0.3) is 0 Å². The van der Waals surface area contributed by atoms with E-state index in [9.17, 15) is 4.79 Å². The predicted octanol–water partition coefficient (Wildman–Crippen LogP) is 3.28. The molecule has 0 radical (unpaired) electrons. The molecule has 0 aliphatic heterocycles. The molecular formula is C17H19NO3. The predicted molar refractivity (Wildman–Crippen MR) is 82.9 cm³/mol. The highest BCUT2D eigenvalue weighted by Gasteiger charge is 2.04. The summed E-state index contributed by atoms with van der Waals surface area (Å²) < 4.78 is 10.3. The van der Waals surface area contributed by atoms with Gasteiger partial charge in [0.15, 0.2) is 0 Å². The molecule has 1 amide bonds. The van der Waals surface area contributed by atoms with Crippen molar-refractivity contribution in [1.29, 1.82) is 0 Å². The standard InChI is InChI=1S/C17H19NO3/c1-20-15-7-3-5-13(11-15)9-10-17(19)18-14-6-4-8-16(12-14)21-2/h3-8,11-12H,9-10H2,1-2H3,(H,18,19). The molecule has 0 heterocycles. The first-order chi connectivity index (χ1) is 10.2. The Kier molecular flexibility index (Phi) is 5.21. The molecule has 2 rings (SSSR count). The van der Waals surface area contributed by atoms with Gasteiger partial charge in [-0.3, -0.25) is 4.79 Å². The number of nitrogens with one attached hydrogen (secondary N) is 1. The summed E-state index contributed by atoms with van der Waals surface area (Å²) in [5.41, 5.74) is 1.82. The van der Waals surface area contributed by atoms with Crippen LogP contribution in [0, 0.1) is 0 Å². The van der Waals surface area contributed by atoms with Crippen molar-refractivity contribution in [2.75, 3.05) is 19.5 Å². The van der Waals surface area contributed by atoms with Gasteiger partial charge in [0.1, 0.15) is 11.5 Å². The van der Waals surface area contributed by atoms with E-state index < -0.39 is 0 Å². The highest BCUT2D eigenvalue weighted by Crippen LogP contribution is 2.18. The minimum atomic E-state index is -0.0222. The SMILES string of the molecule is COc1cccc(CCC(=O)Nc2cccc(OC)c2)c1. The van der Waals surface area contributed by atoms with Gasteiger partial charge >= 0.3 is 0 Å². The van der Waals surface area contributed by atoms with Gasteiger partial charge in [0.25, 0.3) is 0 Å². The van der Waals surface area contributed by atoms with Crippen molar-refractivity contribution in [2.45, 2.75) is 12.8 Å². The lowest BCUT2D eigenvalue weighted by Gasteiger charge is -2.07. The molecule has 1 N–H and O–H groups in total. The maximum Gasteiger partial charge on any atom is 0.224 e. The molecule has 0 bridgehead atoms. The molecule has 0 spiro atoms. The van der Waals surface area contributed by atoms with Crippen LogP contribution in [0.15, 0.2) is 48.5 Å². The second-order valence-electron chi connectivity index (χ2n) is 4.63. The van der Waals surface area contributed by atoms with Crippen LogP contribution in [0.1, 0.15) is 12.0 Å². The van der Waals surface area contributed by atoms with E-state index in [1.807, 2.05) is 42.5 Å². The van der Waals surface area contributed by atoms with Gasteiger partial charge in [0.05, 0.1) is 14.2 Å². The molecular weight excluding hydrogens is 266 g/mol. The number of ether oxygens (including phenoxy) is 2. The molecule has 0 saturated carbocycles. The van der Waals surface area contributed by atoms with Crippen LogP contribution in [0.4, 0.5) is 5.69 Å². The van der Waals surface area contributed by atoms with Gasteiger partial charge in [0.2, 0.25) is 5.91 Å². The zero-order valence-corrected chi connectivity index (χ0v) is 12.3. The molecule has 21 heavy (non-hydrogen) atoms. The van der Waals surface area contributed by atoms with Crippen molar-refractivity contribution >= 4 is 11.6 Å². The molecule has 0 atom stereocenters. The molecule has 2 aromatic carbocycles. The summed E-state index contributed by atoms with van der Waals surface area (Å²) in [6.07, 6.45) is 1.09. The van der Waals surface area contributed by atoms with E-state index in [4.69, 9.17) is 9.47 Å². The lowest BCUT2D eigenvalue weighted by atomic mass is 10.1. The maximum atomic E-state index is 12.0. The minimum absolute atomic E-state index is 0.0222. The van der Waals surface area contributed by atoms with Crippen molar-refractivity contribution < 1.29 is 14.3 Å². The van der Waals surface area contributed by atoms with Crippen LogP contribution in [-0.4, -0.2) is 20.1 Å². The number of carbonyl (C=O) groups excluding carboxylic acids is 1. The first kappa shape index (κ1) is 14.9. The lowest BCUT2D eigenvalue weighted by Crippen LogP contribution is -2.12. The van der Waals surface area contributed by atoms with Crippen molar-refractivity contribution in [3.8, 4) is 11.5 Å². The third-order valence-corrected chi connectivity index (χ3v) is 3.13. The number of hydrogen-bond donors (Lipinski definition) is 1. The maximum absolute atomic E-state index is 12.0. The van der Waals surface area contributed by atoms with Gasteiger partial charge in [-0.1, -0.05) is 18.2 Å². The Labute approximate surface area is 124 Å². The molecule has 0 aliphatic carbocycles. The largest absolute Gasteiger partial charge is 0.497 e. The molecule has 0 fully saturated rings. The molecule has 4 nitrogen and oxygen atoms in total. The Balaban J connectivity index is 1.89. The van der Waals surface area contributed by atoms with E-state index in [-0.39, 0.29) is 5.91 Å². The Bertz CT molecular complexity index is 610. The second-order valence-corrected chi connectivity index (χ2v) is 4.63. The summed E-state index contributed by atoms with van der Waals surface area (Å²) >= 11 is 0. The van der Waals surface area contributed by atoms with Crippen LogP contribution in [0.3, 0.4) is 0 Å². The topological polar surface area (TPSA) is 47.6 Å². The van der Waals surface area contributed by atoms with Crippen molar-refractivity contribution in [3.63, 3.8) is 0 Å². The van der Waals surface area contributed by atoms with Crippen molar-refractivity contribution in [3.05, 3.63) is 54.1 Å². The van der Waals surface area contributed by atoms with E-state index in [1.54, 1.807) is 20.3 Å². The second kappa shape index (κ2) is 7.33. The smallest absolute Gasteiger partial charge is 0.224 e. The summed E-state index contributed by atoms with van der Waals surface area (Å²) in [6.45, 7) is 0. The van der Waals surface area contributed by atoms with Crippen LogP contribution < -0.4 is 14.8 Å². The van der Waals surface area contributed by atoms with E-state index in [0.29, 0.717) is 12.8 Å². The Morgan fingerprint density at radius 1 is 1.00 bits per heavy atom. The Morgan fingerprint density at radius 3 is 2.38 bits per heavy atom. The Morgan fingerprint density at radius 2 is 1.67 bits per heavy atom. The molecule has 0 aliphatic rings. The number of benzene rings is 2. The molecule has 2 aromatic rings. The number of hydrogen-bond acceptors (Lipinski definition) is 3. The first-order valence-electron chi connectivity index (χ1n) is 6.78. The third kappa shape index (κ3) is 4.53. The van der Waals surface area contributed by atoms with Gasteiger partial charge < -0.3 is 14.8 Å². The number of carbonyl (C=O) groups is 1. The van der Waals surface area contributed by atoms with Crippen LogP contribution in [0.2, 0.25) is 0 Å². The monoisotopic (exact) mass is 285 g/mol. The molecule has 0 aromatic heterocycles. The molecule has 0 unspecified atom stereocenters. The summed E-state index contributed by atoms with van der Waals surface area (Å²) in [5, 5.41) is 2.87. The highest BCUT2D eigenvalue weighted by molar-refractivity contribution is 5.91. The number of amides is 1. The van der Waals surface area contributed by atoms with Gasteiger partial charge in [-0.15, -0.1) is 0 Å². The van der Waals surface area contributed by atoms with Crippen molar-refractivity contribution in [1.82, 2.24) is 0 Å². The van der Waals surface area contributed by atoms with E-state index in [2.05, 4.69) is 5.32 Å². The lowest BCUT2D eigenvalue weighted by molar-refractivity contribution is -0.116. The highest BCUT2D eigenvalue weighted by atomic mass is 16.5. The average Bonchev–Trinajstić information content (AvgIpc) is 2.53. The Hall–Kier alpha value is -2.49. The number of anilines is 1. The third-order valence-electron chi connectivity index (χ3n) is 3.13. The number of methoxy groups -OCH3 is 2. The summed E-state index contributed by atoms with van der Waals surface area (Å²) in [5.74, 6) is 1.51. The molecule has 0 saturated heterocycles. The zero-order valence-electron chi connectivity index (χ0n) is 12.3. The molecule has 4 heteroatoms. The fourth-order valence-electron chi connectivity index (χ4n) is 2.01. The van der Waals surface area contributed by atoms with E-state index in [0.717, 1.165) is 22.7 Å². The molecule has 110 valence electrons. The van der Waals surface area contributed by atoms with E-state index >= 15 is 0 Å². The van der Waals surface area contributed by atoms with Gasteiger partial charge in [-0.05, 0) is 36.2 Å². The fourth-order valence-corrected chi connectivity index (χ4v) is 2.01. The summed E-state index contributed by atoms with van der Waals surface area (Å²) in [4.78, 5) is 12.0. The first-order valence-corrected chi connectivity index (χ1v) is 6.78. The summed E-state index contributed by atoms with van der Waals surface area (Å²) in [7, 11) is 3.23. The van der Waals surface area contributed by atoms with Gasteiger partial charge in [0, 0.05) is 18.2 Å². The zero-order chi connectivity index (χ0) is 15.1. The van der Waals surface area contributed by atoms with Crippen LogP contribution in [0.5, 0.6) is 11.5 Å². The fraction of sp³-hybridized carbons (Fsp3) is 0.235. The number of aryl methyl sites for hydroxylation is 1. The normalized spacial score (nSPS) is 10.0. The average molecular weight is 285 g/mol. The summed E-state index contributed by atoms with van der Waals surface area (Å²) in [6, 6.07) is 15.1. The quantitative estimate of drug-likeness (QED) is 0.886.